The number of anilines is 2. The van der Waals surface area contributed by atoms with Crippen molar-refractivity contribution in [3.8, 4) is 6.01 Å². The minimum absolute atomic E-state index is 0.376. The van der Waals surface area contributed by atoms with Gasteiger partial charge in [0.2, 0.25) is 11.9 Å². The van der Waals surface area contributed by atoms with Gasteiger partial charge in [-0.1, -0.05) is 6.92 Å². The molecule has 106 valence electrons. The van der Waals surface area contributed by atoms with Crippen molar-refractivity contribution in [1.29, 1.82) is 0 Å². The molecule has 6 nitrogen and oxygen atoms in total. The number of piperidine rings is 1. The van der Waals surface area contributed by atoms with Crippen LogP contribution in [-0.2, 0) is 0 Å². The summed E-state index contributed by atoms with van der Waals surface area (Å²) in [6.07, 6.45) is 4.81. The van der Waals surface area contributed by atoms with Gasteiger partial charge in [0.25, 0.3) is 0 Å². The third-order valence-electron chi connectivity index (χ3n) is 3.48. The lowest BCUT2D eigenvalue weighted by Crippen LogP contribution is -2.40. The Labute approximate surface area is 114 Å². The second-order valence-electron chi connectivity index (χ2n) is 4.73. The highest BCUT2D eigenvalue weighted by Gasteiger charge is 2.24. The van der Waals surface area contributed by atoms with E-state index in [0.29, 0.717) is 18.0 Å². The van der Waals surface area contributed by atoms with Crippen LogP contribution >= 0.6 is 0 Å². The van der Waals surface area contributed by atoms with Crippen molar-refractivity contribution >= 4 is 11.9 Å². The van der Waals surface area contributed by atoms with Crippen LogP contribution in [0.5, 0.6) is 6.01 Å². The van der Waals surface area contributed by atoms with E-state index in [-0.39, 0.29) is 0 Å². The van der Waals surface area contributed by atoms with Gasteiger partial charge in [0, 0.05) is 19.1 Å². The molecule has 6 heteroatoms. The van der Waals surface area contributed by atoms with Gasteiger partial charge < -0.3 is 15.0 Å². The van der Waals surface area contributed by atoms with Crippen LogP contribution in [0.15, 0.2) is 0 Å². The van der Waals surface area contributed by atoms with Crippen LogP contribution in [0.1, 0.15) is 39.5 Å². The molecule has 0 radical (unpaired) electrons. The van der Waals surface area contributed by atoms with Crippen molar-refractivity contribution in [2.75, 3.05) is 30.4 Å². The summed E-state index contributed by atoms with van der Waals surface area (Å²) >= 11 is 0. The van der Waals surface area contributed by atoms with Crippen LogP contribution in [0.25, 0.3) is 0 Å². The summed E-state index contributed by atoms with van der Waals surface area (Å²) in [5, 5.41) is 3.13. The number of rotatable bonds is 5. The second-order valence-corrected chi connectivity index (χ2v) is 4.73. The number of nitrogens with zero attached hydrogens (tertiary/aromatic N) is 4. The number of hydrogen-bond donors (Lipinski definition) is 1. The molecule has 0 saturated carbocycles. The zero-order valence-corrected chi connectivity index (χ0v) is 12.0. The molecular formula is C13H23N5O. The average molecular weight is 265 g/mol. The van der Waals surface area contributed by atoms with Crippen molar-refractivity contribution in [1.82, 2.24) is 15.0 Å². The smallest absolute Gasteiger partial charge is 0.322 e. The zero-order chi connectivity index (χ0) is 13.7. The summed E-state index contributed by atoms with van der Waals surface area (Å²) in [7, 11) is 1.59. The third-order valence-corrected chi connectivity index (χ3v) is 3.48. The predicted molar refractivity (Wildman–Crippen MR) is 75.8 cm³/mol. The molecule has 0 aromatic carbocycles. The molecule has 2 rings (SSSR count). The number of nitrogens with one attached hydrogen (secondary N) is 1. The maximum atomic E-state index is 5.17. The fraction of sp³-hybridized carbons (Fsp3) is 0.769. The molecular weight excluding hydrogens is 242 g/mol. The minimum atomic E-state index is 0.376. The maximum absolute atomic E-state index is 5.17. The van der Waals surface area contributed by atoms with E-state index in [1.807, 2.05) is 6.92 Å². The van der Waals surface area contributed by atoms with E-state index < -0.39 is 0 Å². The van der Waals surface area contributed by atoms with Crippen LogP contribution < -0.4 is 15.0 Å². The molecule has 1 saturated heterocycles. The zero-order valence-electron chi connectivity index (χ0n) is 12.0. The molecule has 0 amide bonds. The van der Waals surface area contributed by atoms with Gasteiger partial charge in [0.15, 0.2) is 0 Å². The normalized spacial score (nSPS) is 19.3. The first-order valence-electron chi connectivity index (χ1n) is 7.09. The molecule has 1 unspecified atom stereocenters. The molecule has 1 fully saturated rings. The molecule has 1 atom stereocenters. The Morgan fingerprint density at radius 3 is 2.79 bits per heavy atom. The van der Waals surface area contributed by atoms with Gasteiger partial charge in [-0.25, -0.2) is 0 Å². The number of hydrogen-bond acceptors (Lipinski definition) is 6. The van der Waals surface area contributed by atoms with E-state index >= 15 is 0 Å². The molecule has 1 aliphatic rings. The van der Waals surface area contributed by atoms with Crippen molar-refractivity contribution < 1.29 is 4.74 Å². The molecule has 0 aliphatic carbocycles. The van der Waals surface area contributed by atoms with Crippen LogP contribution in [-0.4, -0.2) is 41.2 Å². The van der Waals surface area contributed by atoms with E-state index in [9.17, 15) is 0 Å². The van der Waals surface area contributed by atoms with E-state index in [4.69, 9.17) is 4.74 Å². The van der Waals surface area contributed by atoms with E-state index in [1.165, 1.54) is 19.3 Å². The Morgan fingerprint density at radius 2 is 2.11 bits per heavy atom. The molecule has 0 spiro atoms. The maximum Gasteiger partial charge on any atom is 0.322 e. The summed E-state index contributed by atoms with van der Waals surface area (Å²) in [6, 6.07) is 0.900. The first-order chi connectivity index (χ1) is 9.28. The molecule has 1 aromatic rings. The summed E-state index contributed by atoms with van der Waals surface area (Å²) in [5.41, 5.74) is 0. The van der Waals surface area contributed by atoms with E-state index in [2.05, 4.69) is 32.1 Å². The molecule has 0 bridgehead atoms. The molecule has 1 aromatic heterocycles. The Hall–Kier alpha value is -1.59. The summed E-state index contributed by atoms with van der Waals surface area (Å²) < 4.78 is 5.17. The molecule has 19 heavy (non-hydrogen) atoms. The van der Waals surface area contributed by atoms with E-state index in [1.54, 1.807) is 7.11 Å². The van der Waals surface area contributed by atoms with Crippen molar-refractivity contribution in [2.24, 2.45) is 0 Å². The number of methoxy groups -OCH3 is 1. The highest BCUT2D eigenvalue weighted by molar-refractivity contribution is 5.39. The van der Waals surface area contributed by atoms with Crippen LogP contribution in [0.2, 0.25) is 0 Å². The Bertz CT molecular complexity index is 412. The second kappa shape index (κ2) is 6.54. The topological polar surface area (TPSA) is 63.2 Å². The lowest BCUT2D eigenvalue weighted by atomic mass is 10.0. The summed E-state index contributed by atoms with van der Waals surface area (Å²) in [5.74, 6) is 1.32. The quantitative estimate of drug-likeness (QED) is 0.879. The lowest BCUT2D eigenvalue weighted by Gasteiger charge is -2.35. The summed E-state index contributed by atoms with van der Waals surface area (Å²) in [6.45, 7) is 6.03. The fourth-order valence-electron chi connectivity index (χ4n) is 2.49. The fourth-order valence-corrected chi connectivity index (χ4v) is 2.49. The van der Waals surface area contributed by atoms with Crippen LogP contribution in [0, 0.1) is 0 Å². The SMILES string of the molecule is CCNc1nc(OC)nc(N2CCCCC2CC)n1. The highest BCUT2D eigenvalue weighted by Crippen LogP contribution is 2.25. The molecule has 1 aliphatic heterocycles. The predicted octanol–water partition coefficient (Wildman–Crippen LogP) is 2.08. The number of ether oxygens (including phenoxy) is 1. The Morgan fingerprint density at radius 1 is 1.26 bits per heavy atom. The van der Waals surface area contributed by atoms with Gasteiger partial charge in [-0.15, -0.1) is 0 Å². The van der Waals surface area contributed by atoms with Gasteiger partial charge in [-0.05, 0) is 32.6 Å². The van der Waals surface area contributed by atoms with E-state index in [0.717, 1.165) is 25.5 Å². The minimum Gasteiger partial charge on any atom is -0.467 e. The van der Waals surface area contributed by atoms with Gasteiger partial charge in [0.1, 0.15) is 0 Å². The van der Waals surface area contributed by atoms with Crippen molar-refractivity contribution in [2.45, 2.75) is 45.6 Å². The standard InChI is InChI=1S/C13H23N5O/c1-4-10-8-6-7-9-18(10)12-15-11(14-5-2)16-13(17-12)19-3/h10H,4-9H2,1-3H3,(H,14,15,16,17). The van der Waals surface area contributed by atoms with Crippen molar-refractivity contribution in [3.05, 3.63) is 0 Å². The van der Waals surface area contributed by atoms with Gasteiger partial charge in [-0.2, -0.15) is 15.0 Å². The van der Waals surface area contributed by atoms with Gasteiger partial charge >= 0.3 is 6.01 Å². The van der Waals surface area contributed by atoms with Crippen molar-refractivity contribution in [3.63, 3.8) is 0 Å². The number of aromatic nitrogens is 3. The third kappa shape index (κ3) is 3.24. The Kier molecular flexibility index (Phi) is 4.76. The largest absolute Gasteiger partial charge is 0.467 e. The van der Waals surface area contributed by atoms with Gasteiger partial charge in [0.05, 0.1) is 7.11 Å². The van der Waals surface area contributed by atoms with Crippen LogP contribution in [0.3, 0.4) is 0 Å². The van der Waals surface area contributed by atoms with Crippen LogP contribution in [0.4, 0.5) is 11.9 Å². The van der Waals surface area contributed by atoms with Gasteiger partial charge in [-0.3, -0.25) is 0 Å². The monoisotopic (exact) mass is 265 g/mol. The molecule has 2 heterocycles. The lowest BCUT2D eigenvalue weighted by molar-refractivity contribution is 0.375. The Balaban J connectivity index is 2.28. The average Bonchev–Trinajstić information content (AvgIpc) is 2.47. The summed E-state index contributed by atoms with van der Waals surface area (Å²) in [4.78, 5) is 15.4. The molecule has 1 N–H and O–H groups in total. The highest BCUT2D eigenvalue weighted by atomic mass is 16.5. The first kappa shape index (κ1) is 13.8. The first-order valence-corrected chi connectivity index (χ1v) is 7.09.